The first-order valence-corrected chi connectivity index (χ1v) is 6.55. The standard InChI is InChI=1S/C16H18N2O2/c1-12-5-3-7-15(13(12)2)20-10-8-16(19)18-14-6-4-9-17-11-14/h3-7,9,11H,8,10H2,1-2H3,(H,18,19). The molecular weight excluding hydrogens is 252 g/mol. The second-order valence-electron chi connectivity index (χ2n) is 4.59. The van der Waals surface area contributed by atoms with Crippen molar-refractivity contribution >= 4 is 11.6 Å². The Labute approximate surface area is 118 Å². The fourth-order valence-electron chi connectivity index (χ4n) is 1.79. The molecule has 20 heavy (non-hydrogen) atoms. The minimum Gasteiger partial charge on any atom is -0.493 e. The van der Waals surface area contributed by atoms with Crippen molar-refractivity contribution in [1.29, 1.82) is 0 Å². The van der Waals surface area contributed by atoms with E-state index in [-0.39, 0.29) is 5.91 Å². The number of benzene rings is 1. The third kappa shape index (κ3) is 3.82. The SMILES string of the molecule is Cc1cccc(OCCC(=O)Nc2cccnc2)c1C. The van der Waals surface area contributed by atoms with Gasteiger partial charge in [0.05, 0.1) is 24.9 Å². The Hall–Kier alpha value is -2.36. The van der Waals surface area contributed by atoms with E-state index in [0.717, 1.165) is 11.3 Å². The van der Waals surface area contributed by atoms with Crippen molar-refractivity contribution in [2.75, 3.05) is 11.9 Å². The molecule has 0 aliphatic rings. The lowest BCUT2D eigenvalue weighted by Crippen LogP contribution is -2.15. The molecular formula is C16H18N2O2. The first kappa shape index (κ1) is 14.1. The Morgan fingerprint density at radius 2 is 2.10 bits per heavy atom. The van der Waals surface area contributed by atoms with Crippen LogP contribution in [0, 0.1) is 13.8 Å². The molecule has 4 heteroatoms. The third-order valence-corrected chi connectivity index (χ3v) is 3.09. The van der Waals surface area contributed by atoms with E-state index in [4.69, 9.17) is 4.74 Å². The summed E-state index contributed by atoms with van der Waals surface area (Å²) in [5, 5.41) is 2.77. The van der Waals surface area contributed by atoms with Crippen LogP contribution in [-0.2, 0) is 4.79 Å². The number of nitrogens with zero attached hydrogens (tertiary/aromatic N) is 1. The molecule has 1 N–H and O–H groups in total. The molecule has 0 radical (unpaired) electrons. The Bertz CT molecular complexity index is 582. The Morgan fingerprint density at radius 3 is 2.85 bits per heavy atom. The van der Waals surface area contributed by atoms with Crippen molar-refractivity contribution < 1.29 is 9.53 Å². The van der Waals surface area contributed by atoms with Crippen LogP contribution in [-0.4, -0.2) is 17.5 Å². The summed E-state index contributed by atoms with van der Waals surface area (Å²) in [5.41, 5.74) is 2.99. The minimum atomic E-state index is -0.0803. The van der Waals surface area contributed by atoms with Crippen LogP contribution < -0.4 is 10.1 Å². The van der Waals surface area contributed by atoms with Crippen LogP contribution in [0.15, 0.2) is 42.7 Å². The molecule has 0 fully saturated rings. The Morgan fingerprint density at radius 1 is 1.25 bits per heavy atom. The predicted octanol–water partition coefficient (Wildman–Crippen LogP) is 3.11. The van der Waals surface area contributed by atoms with Gasteiger partial charge in [-0.3, -0.25) is 9.78 Å². The number of carbonyl (C=O) groups is 1. The molecule has 1 heterocycles. The molecule has 0 spiro atoms. The van der Waals surface area contributed by atoms with Crippen LogP contribution >= 0.6 is 0 Å². The quantitative estimate of drug-likeness (QED) is 0.908. The molecule has 1 aromatic carbocycles. The molecule has 0 aliphatic heterocycles. The number of aryl methyl sites for hydroxylation is 1. The number of carbonyl (C=O) groups excluding carboxylic acids is 1. The fourth-order valence-corrected chi connectivity index (χ4v) is 1.79. The van der Waals surface area contributed by atoms with Crippen LogP contribution in [0.25, 0.3) is 0 Å². The Kier molecular flexibility index (Phi) is 4.71. The molecule has 0 unspecified atom stereocenters. The van der Waals surface area contributed by atoms with Gasteiger partial charge >= 0.3 is 0 Å². The Balaban J connectivity index is 1.81. The van der Waals surface area contributed by atoms with Gasteiger partial charge in [-0.1, -0.05) is 12.1 Å². The monoisotopic (exact) mass is 270 g/mol. The van der Waals surface area contributed by atoms with Crippen molar-refractivity contribution in [3.05, 3.63) is 53.9 Å². The summed E-state index contributed by atoms with van der Waals surface area (Å²) in [6.07, 6.45) is 3.59. The highest BCUT2D eigenvalue weighted by Crippen LogP contribution is 2.20. The van der Waals surface area contributed by atoms with Crippen molar-refractivity contribution in [2.45, 2.75) is 20.3 Å². The van der Waals surface area contributed by atoms with Gasteiger partial charge in [-0.2, -0.15) is 0 Å². The number of ether oxygens (including phenoxy) is 1. The van der Waals surface area contributed by atoms with Gasteiger partial charge < -0.3 is 10.1 Å². The zero-order chi connectivity index (χ0) is 14.4. The zero-order valence-electron chi connectivity index (χ0n) is 11.7. The highest BCUT2D eigenvalue weighted by Gasteiger charge is 2.05. The van der Waals surface area contributed by atoms with Crippen molar-refractivity contribution in [3.63, 3.8) is 0 Å². The maximum Gasteiger partial charge on any atom is 0.227 e. The molecule has 104 valence electrons. The molecule has 0 saturated carbocycles. The van der Waals surface area contributed by atoms with E-state index in [9.17, 15) is 4.79 Å². The van der Waals surface area contributed by atoms with Crippen molar-refractivity contribution in [2.24, 2.45) is 0 Å². The second kappa shape index (κ2) is 6.70. The molecule has 4 nitrogen and oxygen atoms in total. The molecule has 0 saturated heterocycles. The molecule has 2 rings (SSSR count). The van der Waals surface area contributed by atoms with Gasteiger partial charge in [0.25, 0.3) is 0 Å². The summed E-state index contributed by atoms with van der Waals surface area (Å²) in [7, 11) is 0. The van der Waals surface area contributed by atoms with Crippen LogP contribution in [0.2, 0.25) is 0 Å². The zero-order valence-corrected chi connectivity index (χ0v) is 11.7. The van der Waals surface area contributed by atoms with Gasteiger partial charge in [0.1, 0.15) is 5.75 Å². The summed E-state index contributed by atoms with van der Waals surface area (Å²) in [4.78, 5) is 15.7. The van der Waals surface area contributed by atoms with E-state index in [1.165, 1.54) is 5.56 Å². The summed E-state index contributed by atoms with van der Waals surface area (Å²) in [6.45, 7) is 4.41. The smallest absolute Gasteiger partial charge is 0.227 e. The largest absolute Gasteiger partial charge is 0.493 e. The summed E-state index contributed by atoms with van der Waals surface area (Å²) in [6, 6.07) is 9.49. The van der Waals surface area contributed by atoms with Gasteiger partial charge in [-0.15, -0.1) is 0 Å². The van der Waals surface area contributed by atoms with E-state index in [1.807, 2.05) is 32.0 Å². The maximum atomic E-state index is 11.7. The first-order chi connectivity index (χ1) is 9.66. The van der Waals surface area contributed by atoms with Gasteiger partial charge in [-0.25, -0.2) is 0 Å². The lowest BCUT2D eigenvalue weighted by atomic mass is 10.1. The number of aromatic nitrogens is 1. The number of rotatable bonds is 5. The van der Waals surface area contributed by atoms with Gasteiger partial charge in [0, 0.05) is 6.20 Å². The van der Waals surface area contributed by atoms with Gasteiger partial charge in [0.2, 0.25) is 5.91 Å². The van der Waals surface area contributed by atoms with Crippen LogP contribution in [0.5, 0.6) is 5.75 Å². The normalized spacial score (nSPS) is 10.1. The van der Waals surface area contributed by atoms with Crippen LogP contribution in [0.1, 0.15) is 17.5 Å². The molecule has 2 aromatic rings. The highest BCUT2D eigenvalue weighted by atomic mass is 16.5. The van der Waals surface area contributed by atoms with Gasteiger partial charge in [0.15, 0.2) is 0 Å². The number of hydrogen-bond acceptors (Lipinski definition) is 3. The van der Waals surface area contributed by atoms with E-state index < -0.39 is 0 Å². The van der Waals surface area contributed by atoms with Crippen molar-refractivity contribution in [1.82, 2.24) is 4.98 Å². The van der Waals surface area contributed by atoms with E-state index in [2.05, 4.69) is 10.3 Å². The summed E-state index contributed by atoms with van der Waals surface area (Å²) >= 11 is 0. The van der Waals surface area contributed by atoms with Crippen molar-refractivity contribution in [3.8, 4) is 5.75 Å². The topological polar surface area (TPSA) is 51.2 Å². The average Bonchev–Trinajstić information content (AvgIpc) is 2.44. The van der Waals surface area contributed by atoms with Gasteiger partial charge in [-0.05, 0) is 43.2 Å². The average molecular weight is 270 g/mol. The number of amides is 1. The molecule has 1 amide bonds. The predicted molar refractivity (Wildman–Crippen MR) is 78.9 cm³/mol. The van der Waals surface area contributed by atoms with E-state index in [0.29, 0.717) is 18.7 Å². The first-order valence-electron chi connectivity index (χ1n) is 6.55. The number of anilines is 1. The number of hydrogen-bond donors (Lipinski definition) is 1. The van der Waals surface area contributed by atoms with E-state index in [1.54, 1.807) is 24.5 Å². The number of nitrogens with one attached hydrogen (secondary N) is 1. The minimum absolute atomic E-state index is 0.0803. The fraction of sp³-hybridized carbons (Fsp3) is 0.250. The summed E-state index contributed by atoms with van der Waals surface area (Å²) in [5.74, 6) is 0.752. The molecule has 0 atom stereocenters. The molecule has 0 bridgehead atoms. The highest BCUT2D eigenvalue weighted by molar-refractivity contribution is 5.90. The maximum absolute atomic E-state index is 11.7. The van der Waals surface area contributed by atoms with E-state index >= 15 is 0 Å². The second-order valence-corrected chi connectivity index (χ2v) is 4.59. The lowest BCUT2D eigenvalue weighted by Gasteiger charge is -2.10. The van der Waals surface area contributed by atoms with Crippen LogP contribution in [0.4, 0.5) is 5.69 Å². The number of pyridine rings is 1. The lowest BCUT2D eigenvalue weighted by molar-refractivity contribution is -0.116. The van der Waals surface area contributed by atoms with Crippen LogP contribution in [0.3, 0.4) is 0 Å². The molecule has 1 aromatic heterocycles. The summed E-state index contributed by atoms with van der Waals surface area (Å²) < 4.78 is 5.65. The molecule has 0 aliphatic carbocycles. The third-order valence-electron chi connectivity index (χ3n) is 3.09.